The Hall–Kier alpha value is -3.44. The van der Waals surface area contributed by atoms with E-state index in [0.29, 0.717) is 0 Å². The highest BCUT2D eigenvalue weighted by Crippen LogP contribution is 2.32. The molecule has 0 saturated carbocycles. The second kappa shape index (κ2) is 11.8. The number of oxime groups is 1. The summed E-state index contributed by atoms with van der Waals surface area (Å²) in [6.45, 7) is 8.27. The number of pyridine rings is 1. The third-order valence-corrected chi connectivity index (χ3v) is 6.43. The van der Waals surface area contributed by atoms with Crippen LogP contribution in [0.1, 0.15) is 47.6 Å². The predicted octanol–water partition coefficient (Wildman–Crippen LogP) is 6.37. The van der Waals surface area contributed by atoms with Gasteiger partial charge in [-0.1, -0.05) is 28.4 Å². The lowest BCUT2D eigenvalue weighted by Gasteiger charge is -2.09. The Labute approximate surface area is 208 Å². The number of hydrogen-bond donors (Lipinski definition) is 2. The third-order valence-electron chi connectivity index (χ3n) is 6.43. The molecule has 0 atom stereocenters. The number of fused-ring (bicyclic) bond motifs is 1. The first kappa shape index (κ1) is 24.7. The molecular formula is C30H36N4O. The number of unbranched alkanes of at least 4 members (excludes halogenated alkanes) is 1. The highest BCUT2D eigenvalue weighted by atomic mass is 16.6. The minimum absolute atomic E-state index is 0.877. The standard InChI is InChI=1S/C30H36N4O/c1-21-17-22(2)19-26(18-21)30-27(12-16-31-13-6-5-7-24-10-14-32-15-11-24)28-20-25(23(3)34-35-4)8-9-29(28)33-30/h8-11,14-15,17-20,31,33H,5-7,12-13,16H2,1-4H3. The molecule has 0 unspecified atom stereocenters. The van der Waals surface area contributed by atoms with Gasteiger partial charge in [-0.25, -0.2) is 0 Å². The van der Waals surface area contributed by atoms with Gasteiger partial charge in [-0.15, -0.1) is 0 Å². The summed E-state index contributed by atoms with van der Waals surface area (Å²) < 4.78 is 0. The summed E-state index contributed by atoms with van der Waals surface area (Å²) in [5.74, 6) is 0. The second-order valence-electron chi connectivity index (χ2n) is 9.29. The number of aromatic nitrogens is 2. The summed E-state index contributed by atoms with van der Waals surface area (Å²) in [7, 11) is 1.59. The zero-order chi connectivity index (χ0) is 24.6. The first-order valence-corrected chi connectivity index (χ1v) is 12.5. The van der Waals surface area contributed by atoms with Crippen molar-refractivity contribution in [1.82, 2.24) is 15.3 Å². The Morgan fingerprint density at radius 3 is 2.46 bits per heavy atom. The van der Waals surface area contributed by atoms with Crippen LogP contribution in [0, 0.1) is 13.8 Å². The quantitative estimate of drug-likeness (QED) is 0.153. The van der Waals surface area contributed by atoms with Gasteiger partial charge in [0, 0.05) is 29.0 Å². The van der Waals surface area contributed by atoms with Crippen molar-refractivity contribution < 1.29 is 4.84 Å². The van der Waals surface area contributed by atoms with Gasteiger partial charge in [0.15, 0.2) is 0 Å². The van der Waals surface area contributed by atoms with Crippen LogP contribution in [0.15, 0.2) is 66.1 Å². The number of nitrogens with one attached hydrogen (secondary N) is 2. The first-order valence-electron chi connectivity index (χ1n) is 12.5. The lowest BCUT2D eigenvalue weighted by atomic mass is 9.98. The molecule has 4 aromatic rings. The van der Waals surface area contributed by atoms with Gasteiger partial charge >= 0.3 is 0 Å². The summed E-state index contributed by atoms with van der Waals surface area (Å²) in [5.41, 5.74) is 10.8. The molecule has 4 rings (SSSR count). The van der Waals surface area contributed by atoms with Crippen molar-refractivity contribution in [3.63, 3.8) is 0 Å². The summed E-state index contributed by atoms with van der Waals surface area (Å²) in [5, 5.41) is 9.05. The summed E-state index contributed by atoms with van der Waals surface area (Å²) >= 11 is 0. The highest BCUT2D eigenvalue weighted by molar-refractivity contribution is 6.03. The molecule has 0 saturated heterocycles. The Morgan fingerprint density at radius 2 is 1.71 bits per heavy atom. The molecule has 0 spiro atoms. The molecule has 35 heavy (non-hydrogen) atoms. The van der Waals surface area contributed by atoms with Crippen molar-refractivity contribution in [1.29, 1.82) is 0 Å². The Morgan fingerprint density at radius 1 is 0.943 bits per heavy atom. The number of aromatic amines is 1. The lowest BCUT2D eigenvalue weighted by Crippen LogP contribution is -2.18. The van der Waals surface area contributed by atoms with E-state index in [0.717, 1.165) is 49.1 Å². The molecule has 2 N–H and O–H groups in total. The van der Waals surface area contributed by atoms with Crippen molar-refractivity contribution in [2.75, 3.05) is 20.2 Å². The van der Waals surface area contributed by atoms with E-state index in [1.165, 1.54) is 45.3 Å². The molecule has 2 heterocycles. The molecule has 0 amide bonds. The summed E-state index contributed by atoms with van der Waals surface area (Å²) in [6.07, 6.45) is 8.15. The number of rotatable bonds is 11. The minimum Gasteiger partial charge on any atom is -0.399 e. The molecule has 5 nitrogen and oxygen atoms in total. The van der Waals surface area contributed by atoms with Crippen LogP contribution in [0.3, 0.4) is 0 Å². The number of nitrogens with zero attached hydrogens (tertiary/aromatic N) is 2. The fraction of sp³-hybridized carbons (Fsp3) is 0.333. The maximum atomic E-state index is 5.01. The number of aryl methyl sites for hydroxylation is 3. The van der Waals surface area contributed by atoms with Crippen molar-refractivity contribution in [2.45, 2.75) is 46.5 Å². The Bertz CT molecular complexity index is 1270. The van der Waals surface area contributed by atoms with E-state index in [1.54, 1.807) is 7.11 Å². The smallest absolute Gasteiger partial charge is 0.106 e. The van der Waals surface area contributed by atoms with Gasteiger partial charge in [0.25, 0.3) is 0 Å². The van der Waals surface area contributed by atoms with Crippen molar-refractivity contribution >= 4 is 16.6 Å². The molecule has 0 radical (unpaired) electrons. The van der Waals surface area contributed by atoms with Crippen LogP contribution >= 0.6 is 0 Å². The predicted molar refractivity (Wildman–Crippen MR) is 146 cm³/mol. The van der Waals surface area contributed by atoms with E-state index in [2.05, 4.69) is 82.8 Å². The Balaban J connectivity index is 1.50. The fourth-order valence-electron chi connectivity index (χ4n) is 4.75. The maximum absolute atomic E-state index is 5.01. The highest BCUT2D eigenvalue weighted by Gasteiger charge is 2.15. The van der Waals surface area contributed by atoms with Gasteiger partial charge in [0.1, 0.15) is 7.11 Å². The van der Waals surface area contributed by atoms with E-state index < -0.39 is 0 Å². The van der Waals surface area contributed by atoms with Crippen LogP contribution in [-0.2, 0) is 17.7 Å². The Kier molecular flexibility index (Phi) is 8.32. The van der Waals surface area contributed by atoms with E-state index in [4.69, 9.17) is 4.84 Å². The largest absolute Gasteiger partial charge is 0.399 e. The third kappa shape index (κ3) is 6.37. The first-order chi connectivity index (χ1) is 17.0. The van der Waals surface area contributed by atoms with E-state index >= 15 is 0 Å². The average Bonchev–Trinajstić information content (AvgIpc) is 3.21. The van der Waals surface area contributed by atoms with Gasteiger partial charge in [0.05, 0.1) is 5.71 Å². The molecular weight excluding hydrogens is 432 g/mol. The molecule has 0 aliphatic rings. The molecule has 0 aliphatic heterocycles. The minimum atomic E-state index is 0.877. The average molecular weight is 469 g/mol. The van der Waals surface area contributed by atoms with Crippen LogP contribution in [0.25, 0.3) is 22.2 Å². The van der Waals surface area contributed by atoms with Crippen molar-refractivity contribution in [3.05, 3.63) is 88.7 Å². The van der Waals surface area contributed by atoms with Gasteiger partial charge in [-0.3, -0.25) is 4.98 Å². The van der Waals surface area contributed by atoms with Crippen LogP contribution in [0.2, 0.25) is 0 Å². The molecule has 0 bridgehead atoms. The van der Waals surface area contributed by atoms with E-state index in [1.807, 2.05) is 19.3 Å². The number of hydrogen-bond acceptors (Lipinski definition) is 4. The SMILES string of the molecule is CON=C(C)c1ccc2[nH]c(-c3cc(C)cc(C)c3)c(CCNCCCCc3ccncc3)c2c1. The van der Waals surface area contributed by atoms with E-state index in [9.17, 15) is 0 Å². The normalized spacial score (nSPS) is 11.8. The summed E-state index contributed by atoms with van der Waals surface area (Å²) in [4.78, 5) is 12.8. The van der Waals surface area contributed by atoms with Crippen molar-refractivity contribution in [3.8, 4) is 11.3 Å². The van der Waals surface area contributed by atoms with Crippen molar-refractivity contribution in [2.24, 2.45) is 5.16 Å². The molecule has 2 aromatic carbocycles. The lowest BCUT2D eigenvalue weighted by molar-refractivity contribution is 0.213. The topological polar surface area (TPSA) is 62.3 Å². The summed E-state index contributed by atoms with van der Waals surface area (Å²) in [6, 6.07) is 17.5. The maximum Gasteiger partial charge on any atom is 0.106 e. The fourth-order valence-corrected chi connectivity index (χ4v) is 4.75. The van der Waals surface area contributed by atoms with Crippen LogP contribution in [0.4, 0.5) is 0 Å². The molecule has 0 aliphatic carbocycles. The second-order valence-corrected chi connectivity index (χ2v) is 9.29. The molecule has 182 valence electrons. The van der Waals surface area contributed by atoms with Gasteiger partial charge in [0.2, 0.25) is 0 Å². The monoisotopic (exact) mass is 468 g/mol. The van der Waals surface area contributed by atoms with Crippen LogP contribution in [-0.4, -0.2) is 35.9 Å². The van der Waals surface area contributed by atoms with Gasteiger partial charge in [-0.05, 0) is 118 Å². The number of H-pyrrole nitrogens is 1. The van der Waals surface area contributed by atoms with Gasteiger partial charge in [-0.2, -0.15) is 0 Å². The van der Waals surface area contributed by atoms with Crippen LogP contribution in [0.5, 0.6) is 0 Å². The molecule has 2 aromatic heterocycles. The van der Waals surface area contributed by atoms with E-state index in [-0.39, 0.29) is 0 Å². The van der Waals surface area contributed by atoms with Crippen LogP contribution < -0.4 is 5.32 Å². The zero-order valence-corrected chi connectivity index (χ0v) is 21.3. The van der Waals surface area contributed by atoms with Gasteiger partial charge < -0.3 is 15.1 Å². The number of benzene rings is 2. The molecule has 0 fully saturated rings. The zero-order valence-electron chi connectivity index (χ0n) is 21.3. The molecule has 5 heteroatoms.